The molecular weight excluding hydrogens is 232 g/mol. The summed E-state index contributed by atoms with van der Waals surface area (Å²) in [5.41, 5.74) is 0.353. The number of hydrogen-bond donors (Lipinski definition) is 1. The maximum atomic E-state index is 3.76. The van der Waals surface area contributed by atoms with E-state index in [0.717, 1.165) is 11.8 Å². The third-order valence-electron chi connectivity index (χ3n) is 4.33. The lowest BCUT2D eigenvalue weighted by Crippen LogP contribution is -2.54. The minimum Gasteiger partial charge on any atom is -0.310 e. The van der Waals surface area contributed by atoms with Crippen LogP contribution in [0.15, 0.2) is 0 Å². The van der Waals surface area contributed by atoms with Gasteiger partial charge < -0.3 is 10.2 Å². The summed E-state index contributed by atoms with van der Waals surface area (Å²) in [5.74, 6) is 1.63. The van der Waals surface area contributed by atoms with E-state index < -0.39 is 0 Å². The Morgan fingerprint density at radius 2 is 1.58 bits per heavy atom. The maximum absolute atomic E-state index is 3.76. The van der Waals surface area contributed by atoms with Crippen LogP contribution in [-0.4, -0.2) is 36.6 Å². The molecule has 0 aromatic carbocycles. The van der Waals surface area contributed by atoms with Crippen LogP contribution in [-0.2, 0) is 0 Å². The van der Waals surface area contributed by atoms with Crippen LogP contribution in [0.4, 0.5) is 0 Å². The molecule has 1 unspecified atom stereocenters. The van der Waals surface area contributed by atoms with E-state index in [2.05, 4.69) is 44.8 Å². The van der Waals surface area contributed by atoms with Crippen molar-refractivity contribution in [3.05, 3.63) is 0 Å². The van der Waals surface area contributed by atoms with Crippen LogP contribution in [0, 0.1) is 11.8 Å². The molecule has 0 bridgehead atoms. The highest BCUT2D eigenvalue weighted by Crippen LogP contribution is 2.21. The fraction of sp³-hybridized carbons (Fsp3) is 1.00. The third kappa shape index (κ3) is 7.31. The zero-order chi connectivity index (χ0) is 14.3. The Hall–Kier alpha value is -0.0800. The molecule has 1 aliphatic rings. The van der Waals surface area contributed by atoms with Gasteiger partial charge in [-0.1, -0.05) is 34.1 Å². The van der Waals surface area contributed by atoms with E-state index in [0.29, 0.717) is 5.54 Å². The van der Waals surface area contributed by atoms with Crippen LogP contribution in [0.5, 0.6) is 0 Å². The van der Waals surface area contributed by atoms with Gasteiger partial charge in [0, 0.05) is 12.1 Å². The summed E-state index contributed by atoms with van der Waals surface area (Å²) in [6, 6.07) is 0. The molecule has 1 atom stereocenters. The van der Waals surface area contributed by atoms with Gasteiger partial charge in [-0.25, -0.2) is 0 Å². The lowest BCUT2D eigenvalue weighted by Gasteiger charge is -2.40. The first-order chi connectivity index (χ1) is 8.91. The highest BCUT2D eigenvalue weighted by atomic mass is 15.2. The van der Waals surface area contributed by atoms with Gasteiger partial charge in [0.15, 0.2) is 0 Å². The van der Waals surface area contributed by atoms with Crippen LogP contribution in [0.25, 0.3) is 0 Å². The number of nitrogens with zero attached hydrogens (tertiary/aromatic N) is 1. The zero-order valence-corrected chi connectivity index (χ0v) is 14.0. The first-order valence-electron chi connectivity index (χ1n) is 8.39. The molecule has 2 heteroatoms. The van der Waals surface area contributed by atoms with Crippen molar-refractivity contribution >= 4 is 0 Å². The molecule has 1 fully saturated rings. The molecule has 114 valence electrons. The quantitative estimate of drug-likeness (QED) is 0.718. The Bertz CT molecular complexity index is 217. The van der Waals surface area contributed by atoms with Gasteiger partial charge in [-0.2, -0.15) is 0 Å². The van der Waals surface area contributed by atoms with E-state index >= 15 is 0 Å². The molecule has 1 aliphatic heterocycles. The van der Waals surface area contributed by atoms with Crippen molar-refractivity contribution in [1.82, 2.24) is 10.2 Å². The number of hydrogen-bond acceptors (Lipinski definition) is 2. The smallest absolute Gasteiger partial charge is 0.0280 e. The predicted octanol–water partition coefficient (Wildman–Crippen LogP) is 3.91. The molecule has 0 amide bonds. The number of rotatable bonds is 8. The van der Waals surface area contributed by atoms with Crippen molar-refractivity contribution < 1.29 is 0 Å². The number of nitrogens with one attached hydrogen (secondary N) is 1. The first-order valence-corrected chi connectivity index (χ1v) is 8.39. The average molecular weight is 268 g/mol. The molecule has 1 rings (SSSR count). The first kappa shape index (κ1) is 17.0. The molecule has 0 spiro atoms. The van der Waals surface area contributed by atoms with Crippen LogP contribution < -0.4 is 5.32 Å². The molecule has 1 N–H and O–H groups in total. The van der Waals surface area contributed by atoms with Gasteiger partial charge in [-0.15, -0.1) is 0 Å². The minimum atomic E-state index is 0.353. The summed E-state index contributed by atoms with van der Waals surface area (Å²) in [6.07, 6.45) is 6.74. The lowest BCUT2D eigenvalue weighted by atomic mass is 9.90. The SMILES string of the molecule is CC(C)CCN(CCC(C)C)CC1(C)CCCCN1. The Morgan fingerprint density at radius 1 is 1.00 bits per heavy atom. The molecule has 0 aromatic rings. The van der Waals surface area contributed by atoms with Crippen molar-refractivity contribution in [2.75, 3.05) is 26.2 Å². The molecule has 0 radical (unpaired) electrons. The van der Waals surface area contributed by atoms with Gasteiger partial charge in [0.1, 0.15) is 0 Å². The van der Waals surface area contributed by atoms with E-state index in [9.17, 15) is 0 Å². The maximum Gasteiger partial charge on any atom is 0.0280 e. The second kappa shape index (κ2) is 8.26. The van der Waals surface area contributed by atoms with Crippen LogP contribution in [0.1, 0.15) is 66.7 Å². The summed E-state index contributed by atoms with van der Waals surface area (Å²) in [6.45, 7) is 16.7. The summed E-state index contributed by atoms with van der Waals surface area (Å²) in [7, 11) is 0. The average Bonchev–Trinajstić information content (AvgIpc) is 2.33. The Morgan fingerprint density at radius 3 is 2.00 bits per heavy atom. The highest BCUT2D eigenvalue weighted by molar-refractivity contribution is 4.89. The van der Waals surface area contributed by atoms with E-state index in [-0.39, 0.29) is 0 Å². The summed E-state index contributed by atoms with van der Waals surface area (Å²) < 4.78 is 0. The van der Waals surface area contributed by atoms with Crippen molar-refractivity contribution in [1.29, 1.82) is 0 Å². The van der Waals surface area contributed by atoms with E-state index in [1.807, 2.05) is 0 Å². The third-order valence-corrected chi connectivity index (χ3v) is 4.33. The Labute approximate surface area is 121 Å². The second-order valence-electron chi connectivity index (χ2n) is 7.59. The molecule has 0 saturated carbocycles. The number of piperidine rings is 1. The molecule has 1 saturated heterocycles. The van der Waals surface area contributed by atoms with Crippen molar-refractivity contribution in [3.63, 3.8) is 0 Å². The van der Waals surface area contributed by atoms with E-state index in [4.69, 9.17) is 0 Å². The molecule has 1 heterocycles. The molecular formula is C17H36N2. The van der Waals surface area contributed by atoms with Gasteiger partial charge in [-0.3, -0.25) is 0 Å². The fourth-order valence-corrected chi connectivity index (χ4v) is 2.90. The predicted molar refractivity (Wildman–Crippen MR) is 85.6 cm³/mol. The van der Waals surface area contributed by atoms with Gasteiger partial charge in [0.2, 0.25) is 0 Å². The molecule has 0 aliphatic carbocycles. The lowest BCUT2D eigenvalue weighted by molar-refractivity contribution is 0.152. The van der Waals surface area contributed by atoms with Crippen molar-refractivity contribution in [3.8, 4) is 0 Å². The van der Waals surface area contributed by atoms with Gasteiger partial charge in [0.25, 0.3) is 0 Å². The fourth-order valence-electron chi connectivity index (χ4n) is 2.90. The minimum absolute atomic E-state index is 0.353. The monoisotopic (exact) mass is 268 g/mol. The standard InChI is InChI=1S/C17H36N2/c1-15(2)8-12-19(13-9-16(3)4)14-17(5)10-6-7-11-18-17/h15-16,18H,6-14H2,1-5H3. The Kier molecular flexibility index (Phi) is 7.38. The summed E-state index contributed by atoms with van der Waals surface area (Å²) in [4.78, 5) is 2.71. The zero-order valence-electron chi connectivity index (χ0n) is 14.0. The largest absolute Gasteiger partial charge is 0.310 e. The summed E-state index contributed by atoms with van der Waals surface area (Å²) in [5, 5.41) is 3.76. The molecule has 2 nitrogen and oxygen atoms in total. The Balaban J connectivity index is 2.46. The van der Waals surface area contributed by atoms with Crippen LogP contribution in [0.3, 0.4) is 0 Å². The van der Waals surface area contributed by atoms with Crippen molar-refractivity contribution in [2.45, 2.75) is 72.3 Å². The van der Waals surface area contributed by atoms with Gasteiger partial charge in [-0.05, 0) is 64.1 Å². The highest BCUT2D eigenvalue weighted by Gasteiger charge is 2.28. The van der Waals surface area contributed by atoms with Crippen molar-refractivity contribution in [2.24, 2.45) is 11.8 Å². The van der Waals surface area contributed by atoms with Crippen LogP contribution in [0.2, 0.25) is 0 Å². The topological polar surface area (TPSA) is 15.3 Å². The summed E-state index contributed by atoms with van der Waals surface area (Å²) >= 11 is 0. The van der Waals surface area contributed by atoms with Crippen LogP contribution >= 0.6 is 0 Å². The van der Waals surface area contributed by atoms with E-state index in [1.165, 1.54) is 58.3 Å². The molecule has 0 aromatic heterocycles. The molecule has 19 heavy (non-hydrogen) atoms. The van der Waals surface area contributed by atoms with E-state index in [1.54, 1.807) is 0 Å². The van der Waals surface area contributed by atoms with Gasteiger partial charge in [0.05, 0.1) is 0 Å². The normalized spacial score (nSPS) is 24.6. The second-order valence-corrected chi connectivity index (χ2v) is 7.59. The van der Waals surface area contributed by atoms with Gasteiger partial charge >= 0.3 is 0 Å².